The highest BCUT2D eigenvalue weighted by Gasteiger charge is 2.17. The van der Waals surface area contributed by atoms with Gasteiger partial charge in [-0.1, -0.05) is 188 Å². The highest BCUT2D eigenvalue weighted by atomic mass is 16.3. The smallest absolute Gasteiger partial charge is 0.164 e. The van der Waals surface area contributed by atoms with Crippen LogP contribution in [0, 0.1) is 0 Å². The number of fused-ring (bicyclic) bond motifs is 3. The predicted molar refractivity (Wildman–Crippen MR) is 225 cm³/mol. The Morgan fingerprint density at radius 2 is 0.655 bits per heavy atom. The molecule has 258 valence electrons. The molecule has 0 fully saturated rings. The van der Waals surface area contributed by atoms with E-state index in [9.17, 15) is 0 Å². The monoisotopic (exact) mass is 703 g/mol. The average molecular weight is 704 g/mol. The second-order valence-corrected chi connectivity index (χ2v) is 13.6. The maximum atomic E-state index is 6.68. The van der Waals surface area contributed by atoms with Crippen molar-refractivity contribution >= 4 is 21.9 Å². The van der Waals surface area contributed by atoms with Gasteiger partial charge in [0.1, 0.15) is 11.2 Å². The van der Waals surface area contributed by atoms with Crippen LogP contribution in [0.25, 0.3) is 101 Å². The van der Waals surface area contributed by atoms with Crippen molar-refractivity contribution in [2.45, 2.75) is 0 Å². The summed E-state index contributed by atoms with van der Waals surface area (Å²) in [7, 11) is 0. The van der Waals surface area contributed by atoms with Crippen LogP contribution in [-0.2, 0) is 0 Å². The van der Waals surface area contributed by atoms with E-state index in [1.54, 1.807) is 0 Å². The van der Waals surface area contributed by atoms with Gasteiger partial charge in [0.05, 0.1) is 0 Å². The third-order valence-corrected chi connectivity index (χ3v) is 10.2. The quantitative estimate of drug-likeness (QED) is 0.166. The summed E-state index contributed by atoms with van der Waals surface area (Å²) in [5.74, 6) is 1.83. The summed E-state index contributed by atoms with van der Waals surface area (Å²) in [5.41, 5.74) is 13.6. The van der Waals surface area contributed by atoms with E-state index in [0.717, 1.165) is 55.3 Å². The lowest BCUT2D eigenvalue weighted by Gasteiger charge is -2.09. The van der Waals surface area contributed by atoms with E-state index < -0.39 is 0 Å². The van der Waals surface area contributed by atoms with Gasteiger partial charge in [-0.05, 0) is 51.1 Å². The largest absolute Gasteiger partial charge is 0.455 e. The van der Waals surface area contributed by atoms with Crippen LogP contribution in [0.2, 0.25) is 0 Å². The standard InChI is InChI=1S/C51H33N3O/c1-4-11-34(12-5-1)36-19-21-38(22-20-36)39-23-27-40(28-24-39)44-17-10-18-46-45-32-31-43(33-47(45)55-48(44)46)51-53-49(41-15-8-3-9-16-41)52-50(54-51)42-29-25-37(26-30-42)35-13-6-2-7-14-35/h1-33H. The fourth-order valence-electron chi connectivity index (χ4n) is 7.29. The molecule has 0 saturated heterocycles. The molecular weight excluding hydrogens is 671 g/mol. The van der Waals surface area contributed by atoms with Crippen LogP contribution in [0.5, 0.6) is 0 Å². The van der Waals surface area contributed by atoms with E-state index >= 15 is 0 Å². The van der Waals surface area contributed by atoms with Gasteiger partial charge in [-0.3, -0.25) is 0 Å². The molecule has 10 aromatic rings. The maximum absolute atomic E-state index is 6.68. The van der Waals surface area contributed by atoms with Crippen molar-refractivity contribution in [2.24, 2.45) is 0 Å². The van der Waals surface area contributed by atoms with Crippen molar-refractivity contribution in [3.8, 4) is 78.7 Å². The van der Waals surface area contributed by atoms with E-state index in [1.807, 2.05) is 48.5 Å². The van der Waals surface area contributed by atoms with Crippen molar-refractivity contribution in [3.05, 3.63) is 200 Å². The molecule has 2 aromatic heterocycles. The third kappa shape index (κ3) is 6.26. The molecule has 10 rings (SSSR count). The Balaban J connectivity index is 0.997. The lowest BCUT2D eigenvalue weighted by molar-refractivity contribution is 0.670. The molecule has 4 nitrogen and oxygen atoms in total. The second-order valence-electron chi connectivity index (χ2n) is 13.6. The molecule has 2 heterocycles. The predicted octanol–water partition coefficient (Wildman–Crippen LogP) is 13.4. The Hall–Kier alpha value is -7.43. The Bertz CT molecular complexity index is 2920. The van der Waals surface area contributed by atoms with E-state index in [2.05, 4.69) is 152 Å². The first kappa shape index (κ1) is 32.2. The molecular formula is C51H33N3O. The van der Waals surface area contributed by atoms with Crippen LogP contribution in [-0.4, -0.2) is 15.0 Å². The number of aromatic nitrogens is 3. The van der Waals surface area contributed by atoms with Crippen LogP contribution in [0.1, 0.15) is 0 Å². The van der Waals surface area contributed by atoms with Gasteiger partial charge < -0.3 is 4.42 Å². The number of benzene rings is 8. The Kier molecular flexibility index (Phi) is 8.12. The molecule has 0 aliphatic carbocycles. The molecule has 55 heavy (non-hydrogen) atoms. The van der Waals surface area contributed by atoms with Crippen molar-refractivity contribution < 1.29 is 4.42 Å². The zero-order chi connectivity index (χ0) is 36.6. The summed E-state index contributed by atoms with van der Waals surface area (Å²) in [6.45, 7) is 0. The van der Waals surface area contributed by atoms with E-state index in [0.29, 0.717) is 17.5 Å². The van der Waals surface area contributed by atoms with Crippen molar-refractivity contribution in [1.29, 1.82) is 0 Å². The van der Waals surface area contributed by atoms with Crippen LogP contribution in [0.4, 0.5) is 0 Å². The normalized spacial score (nSPS) is 11.3. The van der Waals surface area contributed by atoms with Gasteiger partial charge in [-0.15, -0.1) is 0 Å². The number of furan rings is 1. The molecule has 0 spiro atoms. The minimum absolute atomic E-state index is 0.589. The molecule has 0 bridgehead atoms. The zero-order valence-corrected chi connectivity index (χ0v) is 29.8. The molecule has 0 atom stereocenters. The van der Waals surface area contributed by atoms with E-state index in [4.69, 9.17) is 19.4 Å². The van der Waals surface area contributed by atoms with Gasteiger partial charge in [0.2, 0.25) is 0 Å². The Morgan fingerprint density at radius 1 is 0.273 bits per heavy atom. The first-order valence-corrected chi connectivity index (χ1v) is 18.4. The summed E-state index contributed by atoms with van der Waals surface area (Å²) < 4.78 is 6.68. The SMILES string of the molecule is c1ccc(-c2ccc(-c3ccc(-c4cccc5c4oc4cc(-c6nc(-c7ccccc7)nc(-c7ccc(-c8ccccc8)cc7)n6)ccc45)cc3)cc2)cc1. The summed E-state index contributed by atoms with van der Waals surface area (Å²) >= 11 is 0. The molecule has 0 aliphatic rings. The van der Waals surface area contributed by atoms with E-state index in [1.165, 1.54) is 27.8 Å². The highest BCUT2D eigenvalue weighted by molar-refractivity contribution is 6.10. The maximum Gasteiger partial charge on any atom is 0.164 e. The van der Waals surface area contributed by atoms with Gasteiger partial charge in [0.15, 0.2) is 17.5 Å². The topological polar surface area (TPSA) is 51.8 Å². The molecule has 0 amide bonds. The van der Waals surface area contributed by atoms with Crippen molar-refractivity contribution in [1.82, 2.24) is 15.0 Å². The number of para-hydroxylation sites is 1. The Morgan fingerprint density at radius 3 is 1.16 bits per heavy atom. The molecule has 0 radical (unpaired) electrons. The molecule has 4 heteroatoms. The summed E-state index contributed by atoms with van der Waals surface area (Å²) in [6, 6.07) is 69.4. The zero-order valence-electron chi connectivity index (χ0n) is 29.8. The van der Waals surface area contributed by atoms with Gasteiger partial charge >= 0.3 is 0 Å². The van der Waals surface area contributed by atoms with Gasteiger partial charge in [0, 0.05) is 33.0 Å². The first-order chi connectivity index (χ1) is 27.2. The van der Waals surface area contributed by atoms with Crippen molar-refractivity contribution in [2.75, 3.05) is 0 Å². The second kappa shape index (κ2) is 13.8. The summed E-state index contributed by atoms with van der Waals surface area (Å²) in [5, 5.41) is 2.12. The van der Waals surface area contributed by atoms with Crippen LogP contribution < -0.4 is 0 Å². The van der Waals surface area contributed by atoms with Crippen LogP contribution in [0.3, 0.4) is 0 Å². The minimum Gasteiger partial charge on any atom is -0.455 e. The number of hydrogen-bond acceptors (Lipinski definition) is 4. The van der Waals surface area contributed by atoms with Gasteiger partial charge in [-0.25, -0.2) is 15.0 Å². The van der Waals surface area contributed by atoms with Gasteiger partial charge in [-0.2, -0.15) is 0 Å². The van der Waals surface area contributed by atoms with E-state index in [-0.39, 0.29) is 0 Å². The lowest BCUT2D eigenvalue weighted by Crippen LogP contribution is -2.00. The molecule has 0 N–H and O–H groups in total. The number of hydrogen-bond donors (Lipinski definition) is 0. The summed E-state index contributed by atoms with van der Waals surface area (Å²) in [4.78, 5) is 14.9. The number of nitrogens with zero attached hydrogens (tertiary/aromatic N) is 3. The number of rotatable bonds is 7. The highest BCUT2D eigenvalue weighted by Crippen LogP contribution is 2.38. The van der Waals surface area contributed by atoms with Crippen molar-refractivity contribution in [3.63, 3.8) is 0 Å². The fraction of sp³-hybridized carbons (Fsp3) is 0. The summed E-state index contributed by atoms with van der Waals surface area (Å²) in [6.07, 6.45) is 0. The van der Waals surface area contributed by atoms with Gasteiger partial charge in [0.25, 0.3) is 0 Å². The molecule has 8 aromatic carbocycles. The Labute approximate surface area is 319 Å². The fourth-order valence-corrected chi connectivity index (χ4v) is 7.29. The minimum atomic E-state index is 0.589. The first-order valence-electron chi connectivity index (χ1n) is 18.4. The lowest BCUT2D eigenvalue weighted by atomic mass is 9.97. The molecule has 0 saturated carbocycles. The third-order valence-electron chi connectivity index (χ3n) is 10.2. The molecule has 0 unspecified atom stereocenters. The van der Waals surface area contributed by atoms with Crippen LogP contribution in [0.15, 0.2) is 205 Å². The average Bonchev–Trinajstić information content (AvgIpc) is 3.66. The molecule has 0 aliphatic heterocycles. The van der Waals surface area contributed by atoms with Crippen LogP contribution >= 0.6 is 0 Å².